The van der Waals surface area contributed by atoms with Crippen LogP contribution in [-0.4, -0.2) is 31.2 Å². The predicted octanol–water partition coefficient (Wildman–Crippen LogP) is 1.42. The van der Waals surface area contributed by atoms with E-state index in [2.05, 4.69) is 35.2 Å². The van der Waals surface area contributed by atoms with Gasteiger partial charge in [-0.05, 0) is 24.0 Å². The topological polar surface area (TPSA) is 28.2 Å². The van der Waals surface area contributed by atoms with E-state index in [1.54, 1.807) is 0 Å². The minimum Gasteiger partial charge on any atom is -0.367 e. The van der Waals surface area contributed by atoms with Crippen LogP contribution in [0.15, 0.2) is 6.20 Å². The van der Waals surface area contributed by atoms with Gasteiger partial charge in [-0.15, -0.1) is 0 Å². The first kappa shape index (κ1) is 11.4. The van der Waals surface area contributed by atoms with Gasteiger partial charge in [0, 0.05) is 32.4 Å². The third-order valence-corrected chi connectivity index (χ3v) is 3.23. The average molecular weight is 218 g/mol. The Bertz CT molecular complexity index is 343. The molecule has 3 nitrogen and oxygen atoms in total. The number of aromatic nitrogens is 1. The summed E-state index contributed by atoms with van der Waals surface area (Å²) in [4.78, 5) is 6.66. The van der Waals surface area contributed by atoms with Crippen LogP contribution in [-0.2, 0) is 12.8 Å². The van der Waals surface area contributed by atoms with E-state index in [1.165, 1.54) is 16.8 Å². The second-order valence-corrected chi connectivity index (χ2v) is 4.17. The van der Waals surface area contributed by atoms with E-state index in [1.807, 2.05) is 6.20 Å². The third kappa shape index (κ3) is 2.19. The molecule has 87 valence electrons. The highest BCUT2D eigenvalue weighted by Gasteiger charge is 2.15. The van der Waals surface area contributed by atoms with Gasteiger partial charge in [-0.2, -0.15) is 0 Å². The second-order valence-electron chi connectivity index (χ2n) is 4.17. The SMILES string of the molecule is CCc1cn[c]c(N2CCNCC2)c1CC. The summed E-state index contributed by atoms with van der Waals surface area (Å²) >= 11 is 0. The number of hydrogen-bond acceptors (Lipinski definition) is 3. The molecule has 0 saturated carbocycles. The zero-order chi connectivity index (χ0) is 11.4. The van der Waals surface area contributed by atoms with Crippen LogP contribution in [0, 0.1) is 6.20 Å². The molecule has 1 radical (unpaired) electrons. The summed E-state index contributed by atoms with van der Waals surface area (Å²) in [5, 5.41) is 3.37. The Morgan fingerprint density at radius 1 is 1.31 bits per heavy atom. The smallest absolute Gasteiger partial charge is 0.114 e. The number of hydrogen-bond donors (Lipinski definition) is 1. The minimum atomic E-state index is 1.06. The van der Waals surface area contributed by atoms with E-state index in [0.29, 0.717) is 0 Å². The fraction of sp³-hybridized carbons (Fsp3) is 0.615. The van der Waals surface area contributed by atoms with Crippen molar-refractivity contribution in [2.75, 3.05) is 31.1 Å². The highest BCUT2D eigenvalue weighted by atomic mass is 15.2. The molecule has 0 aromatic carbocycles. The second kappa shape index (κ2) is 5.30. The lowest BCUT2D eigenvalue weighted by Crippen LogP contribution is -2.44. The van der Waals surface area contributed by atoms with E-state index in [-0.39, 0.29) is 0 Å². The lowest BCUT2D eigenvalue weighted by Gasteiger charge is -2.31. The summed E-state index contributed by atoms with van der Waals surface area (Å²) in [5.74, 6) is 0. The summed E-state index contributed by atoms with van der Waals surface area (Å²) in [6, 6.07) is 0. The Kier molecular flexibility index (Phi) is 3.78. The summed E-state index contributed by atoms with van der Waals surface area (Å²) in [7, 11) is 0. The van der Waals surface area contributed by atoms with E-state index in [9.17, 15) is 0 Å². The zero-order valence-corrected chi connectivity index (χ0v) is 10.2. The van der Waals surface area contributed by atoms with E-state index in [0.717, 1.165) is 39.0 Å². The zero-order valence-electron chi connectivity index (χ0n) is 10.2. The number of anilines is 1. The Labute approximate surface area is 97.9 Å². The molecule has 0 spiro atoms. The van der Waals surface area contributed by atoms with Crippen molar-refractivity contribution in [1.82, 2.24) is 10.3 Å². The van der Waals surface area contributed by atoms with E-state index >= 15 is 0 Å². The monoisotopic (exact) mass is 218 g/mol. The molecular weight excluding hydrogens is 198 g/mol. The number of nitrogens with zero attached hydrogens (tertiary/aromatic N) is 2. The lowest BCUT2D eigenvalue weighted by atomic mass is 10.0. The molecular formula is C13H20N3. The van der Waals surface area contributed by atoms with Crippen LogP contribution < -0.4 is 10.2 Å². The standard InChI is InChI=1S/C13H20N3/c1-3-11-9-15-10-13(12(11)4-2)16-7-5-14-6-8-16/h9,14H,3-8H2,1-2H3. The van der Waals surface area contributed by atoms with Crippen LogP contribution in [0.3, 0.4) is 0 Å². The number of piperazine rings is 1. The van der Waals surface area contributed by atoms with Crippen molar-refractivity contribution in [1.29, 1.82) is 0 Å². The van der Waals surface area contributed by atoms with Crippen LogP contribution in [0.4, 0.5) is 5.69 Å². The van der Waals surface area contributed by atoms with Crippen LogP contribution in [0.25, 0.3) is 0 Å². The molecule has 1 N–H and O–H groups in total. The van der Waals surface area contributed by atoms with Crippen molar-refractivity contribution in [3.05, 3.63) is 23.5 Å². The van der Waals surface area contributed by atoms with Gasteiger partial charge in [0.1, 0.15) is 6.20 Å². The molecule has 0 amide bonds. The lowest BCUT2D eigenvalue weighted by molar-refractivity contribution is 0.586. The normalized spacial score (nSPS) is 16.5. The Hall–Kier alpha value is -1.09. The van der Waals surface area contributed by atoms with Gasteiger partial charge in [-0.25, -0.2) is 0 Å². The van der Waals surface area contributed by atoms with Gasteiger partial charge in [0.25, 0.3) is 0 Å². The van der Waals surface area contributed by atoms with Crippen molar-refractivity contribution >= 4 is 5.69 Å². The molecule has 1 aromatic heterocycles. The summed E-state index contributed by atoms with van der Waals surface area (Å²) in [6.07, 6.45) is 7.27. The molecule has 0 aliphatic carbocycles. The predicted molar refractivity (Wildman–Crippen MR) is 66.9 cm³/mol. The number of nitrogens with one attached hydrogen (secondary N) is 1. The van der Waals surface area contributed by atoms with Crippen LogP contribution in [0.2, 0.25) is 0 Å². The fourth-order valence-electron chi connectivity index (χ4n) is 2.32. The van der Waals surface area contributed by atoms with E-state index in [4.69, 9.17) is 0 Å². The van der Waals surface area contributed by atoms with Gasteiger partial charge in [0.15, 0.2) is 0 Å². The maximum Gasteiger partial charge on any atom is 0.114 e. The number of rotatable bonds is 3. The van der Waals surface area contributed by atoms with Gasteiger partial charge >= 0.3 is 0 Å². The Morgan fingerprint density at radius 3 is 2.69 bits per heavy atom. The van der Waals surface area contributed by atoms with Crippen LogP contribution >= 0.6 is 0 Å². The molecule has 0 bridgehead atoms. The van der Waals surface area contributed by atoms with Crippen molar-refractivity contribution in [3.63, 3.8) is 0 Å². The van der Waals surface area contributed by atoms with Crippen molar-refractivity contribution in [2.24, 2.45) is 0 Å². The summed E-state index contributed by atoms with van der Waals surface area (Å²) in [6.45, 7) is 8.67. The van der Waals surface area contributed by atoms with Gasteiger partial charge < -0.3 is 10.2 Å². The van der Waals surface area contributed by atoms with Crippen molar-refractivity contribution in [2.45, 2.75) is 26.7 Å². The molecule has 1 fully saturated rings. The highest BCUT2D eigenvalue weighted by Crippen LogP contribution is 2.23. The Balaban J connectivity index is 2.30. The molecule has 16 heavy (non-hydrogen) atoms. The third-order valence-electron chi connectivity index (χ3n) is 3.23. The van der Waals surface area contributed by atoms with Crippen LogP contribution in [0.5, 0.6) is 0 Å². The molecule has 2 rings (SSSR count). The first-order valence-electron chi connectivity index (χ1n) is 6.20. The highest BCUT2D eigenvalue weighted by molar-refractivity contribution is 5.54. The van der Waals surface area contributed by atoms with Gasteiger partial charge in [-0.1, -0.05) is 13.8 Å². The van der Waals surface area contributed by atoms with Crippen LogP contribution in [0.1, 0.15) is 25.0 Å². The van der Waals surface area contributed by atoms with Gasteiger partial charge in [-0.3, -0.25) is 4.98 Å². The number of pyridine rings is 1. The van der Waals surface area contributed by atoms with Gasteiger partial charge in [0.05, 0.1) is 5.69 Å². The fourth-order valence-corrected chi connectivity index (χ4v) is 2.32. The average Bonchev–Trinajstić information content (AvgIpc) is 2.38. The summed E-state index contributed by atoms with van der Waals surface area (Å²) < 4.78 is 0. The minimum absolute atomic E-state index is 1.06. The molecule has 3 heteroatoms. The van der Waals surface area contributed by atoms with Gasteiger partial charge in [0.2, 0.25) is 0 Å². The largest absolute Gasteiger partial charge is 0.367 e. The molecule has 0 unspecified atom stereocenters. The van der Waals surface area contributed by atoms with Crippen molar-refractivity contribution in [3.8, 4) is 0 Å². The van der Waals surface area contributed by atoms with E-state index < -0.39 is 0 Å². The Morgan fingerprint density at radius 2 is 2.06 bits per heavy atom. The molecule has 2 heterocycles. The first-order chi connectivity index (χ1) is 7.86. The maximum absolute atomic E-state index is 4.25. The van der Waals surface area contributed by atoms with Crippen molar-refractivity contribution < 1.29 is 0 Å². The quantitative estimate of drug-likeness (QED) is 0.831. The maximum atomic E-state index is 4.25. The molecule has 1 aromatic rings. The molecule has 1 saturated heterocycles. The summed E-state index contributed by atoms with van der Waals surface area (Å²) in [5.41, 5.74) is 4.03. The first-order valence-corrected chi connectivity index (χ1v) is 6.20. The molecule has 1 aliphatic heterocycles. The molecule has 1 aliphatic rings. The molecule has 0 atom stereocenters. The number of aryl methyl sites for hydroxylation is 1.